The van der Waals surface area contributed by atoms with Crippen LogP contribution in [0, 0.1) is 0 Å². The number of rotatable bonds is 3. The van der Waals surface area contributed by atoms with Crippen molar-refractivity contribution in [2.45, 2.75) is 32.7 Å². The van der Waals surface area contributed by atoms with Crippen molar-refractivity contribution in [1.29, 1.82) is 0 Å². The summed E-state index contributed by atoms with van der Waals surface area (Å²) in [6, 6.07) is 6.66. The van der Waals surface area contributed by atoms with Gasteiger partial charge in [0.25, 0.3) is 0 Å². The molecule has 1 aromatic rings. The highest BCUT2D eigenvalue weighted by molar-refractivity contribution is 5.55. The van der Waals surface area contributed by atoms with Gasteiger partial charge >= 0.3 is 0 Å². The minimum Gasteiger partial charge on any atom is -0.377 e. The van der Waals surface area contributed by atoms with Crippen LogP contribution in [0.1, 0.15) is 43.9 Å². The average molecular weight is 206 g/mol. The summed E-state index contributed by atoms with van der Waals surface area (Å²) in [6.45, 7) is 6.44. The van der Waals surface area contributed by atoms with E-state index in [9.17, 15) is 0 Å². The van der Waals surface area contributed by atoms with Crippen molar-refractivity contribution in [2.75, 3.05) is 19.0 Å². The molecule has 1 unspecified atom stereocenters. The molecule has 2 N–H and O–H groups in total. The molecule has 0 aromatic heterocycles. The maximum absolute atomic E-state index is 5.99. The number of benzene rings is 1. The summed E-state index contributed by atoms with van der Waals surface area (Å²) in [7, 11) is 4.10. The van der Waals surface area contributed by atoms with E-state index in [1.807, 2.05) is 6.92 Å². The first-order chi connectivity index (χ1) is 6.93. The molecule has 0 spiro atoms. The maximum atomic E-state index is 5.99. The third-order valence-corrected chi connectivity index (χ3v) is 2.69. The summed E-state index contributed by atoms with van der Waals surface area (Å²) in [5.74, 6) is 0.554. The van der Waals surface area contributed by atoms with Crippen LogP contribution >= 0.6 is 0 Å². The van der Waals surface area contributed by atoms with E-state index in [4.69, 9.17) is 5.73 Å². The fourth-order valence-corrected chi connectivity index (χ4v) is 1.70. The summed E-state index contributed by atoms with van der Waals surface area (Å²) in [6.07, 6.45) is 0. The van der Waals surface area contributed by atoms with Gasteiger partial charge in [-0.1, -0.05) is 26.0 Å². The molecule has 84 valence electrons. The number of hydrogen-bond acceptors (Lipinski definition) is 2. The third kappa shape index (κ3) is 2.72. The topological polar surface area (TPSA) is 29.3 Å². The summed E-state index contributed by atoms with van der Waals surface area (Å²) in [4.78, 5) is 2.11. The van der Waals surface area contributed by atoms with Crippen LogP contribution in [0.2, 0.25) is 0 Å². The Hall–Kier alpha value is -1.02. The first-order valence-electron chi connectivity index (χ1n) is 5.50. The first kappa shape index (κ1) is 12.1. The number of nitrogens with zero attached hydrogens (tertiary/aromatic N) is 1. The lowest BCUT2D eigenvalue weighted by molar-refractivity contribution is 0.799. The smallest absolute Gasteiger partial charge is 0.0409 e. The molecular weight excluding hydrogens is 184 g/mol. The van der Waals surface area contributed by atoms with Crippen molar-refractivity contribution in [3.63, 3.8) is 0 Å². The standard InChI is InChI=1S/C13H22N2/c1-9(2)11-6-7-13(15(4)5)12(8-11)10(3)14/h6-10H,14H2,1-5H3. The van der Waals surface area contributed by atoms with Gasteiger partial charge < -0.3 is 10.6 Å². The fraction of sp³-hybridized carbons (Fsp3) is 0.538. The van der Waals surface area contributed by atoms with E-state index in [1.165, 1.54) is 16.8 Å². The van der Waals surface area contributed by atoms with Crippen LogP contribution in [0.4, 0.5) is 5.69 Å². The SMILES string of the molecule is CC(C)c1ccc(N(C)C)c(C(C)N)c1. The van der Waals surface area contributed by atoms with Crippen LogP contribution in [-0.2, 0) is 0 Å². The van der Waals surface area contributed by atoms with Gasteiger partial charge in [-0.2, -0.15) is 0 Å². The summed E-state index contributed by atoms with van der Waals surface area (Å²) < 4.78 is 0. The second kappa shape index (κ2) is 4.67. The largest absolute Gasteiger partial charge is 0.377 e. The van der Waals surface area contributed by atoms with E-state index in [0.717, 1.165) is 0 Å². The summed E-state index contributed by atoms with van der Waals surface area (Å²) >= 11 is 0. The van der Waals surface area contributed by atoms with Crippen LogP contribution in [0.25, 0.3) is 0 Å². The average Bonchev–Trinajstić information content (AvgIpc) is 2.16. The van der Waals surface area contributed by atoms with Crippen LogP contribution in [0.5, 0.6) is 0 Å². The third-order valence-electron chi connectivity index (χ3n) is 2.69. The lowest BCUT2D eigenvalue weighted by Gasteiger charge is -2.21. The van der Waals surface area contributed by atoms with Gasteiger partial charge in [-0.05, 0) is 30.0 Å². The van der Waals surface area contributed by atoms with Gasteiger partial charge in [0, 0.05) is 25.8 Å². The van der Waals surface area contributed by atoms with Crippen molar-refractivity contribution in [2.24, 2.45) is 5.73 Å². The summed E-state index contributed by atoms with van der Waals surface area (Å²) in [5.41, 5.74) is 9.79. The van der Waals surface area contributed by atoms with Gasteiger partial charge in [0.2, 0.25) is 0 Å². The number of hydrogen-bond donors (Lipinski definition) is 1. The molecule has 0 bridgehead atoms. The van der Waals surface area contributed by atoms with Crippen molar-refractivity contribution in [3.05, 3.63) is 29.3 Å². The van der Waals surface area contributed by atoms with Gasteiger partial charge in [0.1, 0.15) is 0 Å². The molecule has 0 saturated carbocycles. The molecule has 1 rings (SSSR count). The molecule has 1 atom stereocenters. The van der Waals surface area contributed by atoms with Gasteiger partial charge in [-0.15, -0.1) is 0 Å². The number of anilines is 1. The Kier molecular flexibility index (Phi) is 3.75. The van der Waals surface area contributed by atoms with Gasteiger partial charge in [0.15, 0.2) is 0 Å². The quantitative estimate of drug-likeness (QED) is 0.824. The zero-order valence-electron chi connectivity index (χ0n) is 10.4. The molecule has 1 aromatic carbocycles. The molecule has 0 amide bonds. The Morgan fingerprint density at radius 1 is 1.13 bits per heavy atom. The normalized spacial score (nSPS) is 13.0. The number of nitrogens with two attached hydrogens (primary N) is 1. The van der Waals surface area contributed by atoms with Crippen molar-refractivity contribution < 1.29 is 0 Å². The molecular formula is C13H22N2. The highest BCUT2D eigenvalue weighted by Gasteiger charge is 2.10. The molecule has 0 aliphatic heterocycles. The molecule has 0 heterocycles. The van der Waals surface area contributed by atoms with Gasteiger partial charge in [0.05, 0.1) is 0 Å². The van der Waals surface area contributed by atoms with Crippen LogP contribution in [0.15, 0.2) is 18.2 Å². The molecule has 15 heavy (non-hydrogen) atoms. The Bertz CT molecular complexity index is 327. The Balaban J connectivity index is 3.21. The second-order valence-corrected chi connectivity index (χ2v) is 4.66. The van der Waals surface area contributed by atoms with Gasteiger partial charge in [-0.3, -0.25) is 0 Å². The molecule has 2 heteroatoms. The van der Waals surface area contributed by atoms with Crippen molar-refractivity contribution in [1.82, 2.24) is 0 Å². The molecule has 0 fully saturated rings. The predicted molar refractivity (Wildman–Crippen MR) is 67.5 cm³/mol. The van der Waals surface area contributed by atoms with Crippen LogP contribution in [-0.4, -0.2) is 14.1 Å². The van der Waals surface area contributed by atoms with E-state index >= 15 is 0 Å². The predicted octanol–water partition coefficient (Wildman–Crippen LogP) is 2.90. The Labute approximate surface area is 93.1 Å². The van der Waals surface area contributed by atoms with E-state index in [0.29, 0.717) is 5.92 Å². The van der Waals surface area contributed by atoms with E-state index in [-0.39, 0.29) is 6.04 Å². The second-order valence-electron chi connectivity index (χ2n) is 4.66. The molecule has 2 nitrogen and oxygen atoms in total. The molecule has 0 aliphatic carbocycles. The first-order valence-corrected chi connectivity index (χ1v) is 5.50. The Morgan fingerprint density at radius 3 is 2.13 bits per heavy atom. The van der Waals surface area contributed by atoms with Gasteiger partial charge in [-0.25, -0.2) is 0 Å². The Morgan fingerprint density at radius 2 is 1.73 bits per heavy atom. The zero-order valence-corrected chi connectivity index (χ0v) is 10.4. The highest BCUT2D eigenvalue weighted by atomic mass is 15.1. The molecule has 0 saturated heterocycles. The molecule has 0 radical (unpaired) electrons. The van der Waals surface area contributed by atoms with Crippen molar-refractivity contribution >= 4 is 5.69 Å². The summed E-state index contributed by atoms with van der Waals surface area (Å²) in [5, 5.41) is 0. The van der Waals surface area contributed by atoms with E-state index in [2.05, 4.69) is 51.0 Å². The van der Waals surface area contributed by atoms with Crippen molar-refractivity contribution in [3.8, 4) is 0 Å². The minimum absolute atomic E-state index is 0.0844. The lowest BCUT2D eigenvalue weighted by Crippen LogP contribution is -2.16. The fourth-order valence-electron chi connectivity index (χ4n) is 1.70. The van der Waals surface area contributed by atoms with Crippen LogP contribution < -0.4 is 10.6 Å². The zero-order chi connectivity index (χ0) is 11.6. The monoisotopic (exact) mass is 206 g/mol. The van der Waals surface area contributed by atoms with E-state index in [1.54, 1.807) is 0 Å². The lowest BCUT2D eigenvalue weighted by atomic mass is 9.96. The minimum atomic E-state index is 0.0844. The molecule has 0 aliphatic rings. The highest BCUT2D eigenvalue weighted by Crippen LogP contribution is 2.27. The maximum Gasteiger partial charge on any atom is 0.0409 e. The van der Waals surface area contributed by atoms with E-state index < -0.39 is 0 Å². The van der Waals surface area contributed by atoms with Crippen LogP contribution in [0.3, 0.4) is 0 Å².